The first kappa shape index (κ1) is 34.4. The number of carbonyl (C=O) groups is 1. The quantitative estimate of drug-likeness (QED) is 0.0864. The van der Waals surface area contributed by atoms with Crippen molar-refractivity contribution in [3.8, 4) is 0 Å². The van der Waals surface area contributed by atoms with Gasteiger partial charge in [-0.15, -0.1) is 0 Å². The molecule has 1 unspecified atom stereocenters. The maximum absolute atomic E-state index is 13.0. The lowest BCUT2D eigenvalue weighted by Gasteiger charge is -2.49. The maximum Gasteiger partial charge on any atom is 0.249 e. The molecule has 4 rings (SSSR count). The highest BCUT2D eigenvalue weighted by Crippen LogP contribution is 2.32. The van der Waals surface area contributed by atoms with Crippen LogP contribution in [0.3, 0.4) is 0 Å². The molecular formula is C27H51N7O9. The van der Waals surface area contributed by atoms with Crippen LogP contribution in [-0.4, -0.2) is 146 Å². The van der Waals surface area contributed by atoms with Crippen molar-refractivity contribution < 1.29 is 44.2 Å². The summed E-state index contributed by atoms with van der Waals surface area (Å²) in [4.78, 5) is 13.0. The zero-order chi connectivity index (χ0) is 31.3. The molecule has 0 spiro atoms. The van der Waals surface area contributed by atoms with Gasteiger partial charge in [0.15, 0.2) is 6.29 Å². The molecule has 1 saturated carbocycles. The average molecular weight is 618 g/mol. The standard InChI is InChI=1S/C27H51N7O9/c1-27(39)12-40-26(20(37)23(27)31-2)43-22-17(34-24(38)18(35)13-9-33-10-13)8-16(30)21(19(22)36)42-25-15(29)5-4-14(41-25)11-32-7-3-6-28/h4,13,15-23,25-26,31-33,35-37,39H,3,5-12,28-30H2,1-2H3,(H,34,38)/t15-,16+,17-,18?,19+,20-,21-,22+,23-,25-,26-,27+/m1/s1. The highest BCUT2D eigenvalue weighted by atomic mass is 16.7. The van der Waals surface area contributed by atoms with Gasteiger partial charge >= 0.3 is 0 Å². The van der Waals surface area contributed by atoms with Gasteiger partial charge in [0.2, 0.25) is 12.2 Å². The molecule has 3 heterocycles. The minimum absolute atomic E-state index is 0.106. The van der Waals surface area contributed by atoms with Crippen molar-refractivity contribution in [2.45, 2.75) is 99.1 Å². The molecule has 43 heavy (non-hydrogen) atoms. The van der Waals surface area contributed by atoms with Gasteiger partial charge in [0, 0.05) is 25.0 Å². The molecule has 0 aromatic carbocycles. The van der Waals surface area contributed by atoms with Crippen LogP contribution in [-0.2, 0) is 23.7 Å². The molecule has 3 aliphatic heterocycles. The van der Waals surface area contributed by atoms with Crippen molar-refractivity contribution in [1.82, 2.24) is 21.3 Å². The highest BCUT2D eigenvalue weighted by Gasteiger charge is 2.52. The molecule has 4 aliphatic rings. The first-order valence-electron chi connectivity index (χ1n) is 15.1. The van der Waals surface area contributed by atoms with E-state index in [1.807, 2.05) is 6.08 Å². The number of amides is 1. The monoisotopic (exact) mass is 617 g/mol. The first-order chi connectivity index (χ1) is 20.5. The van der Waals surface area contributed by atoms with Crippen LogP contribution in [0.1, 0.15) is 26.2 Å². The van der Waals surface area contributed by atoms with Crippen LogP contribution in [0, 0.1) is 5.92 Å². The van der Waals surface area contributed by atoms with E-state index in [9.17, 15) is 25.2 Å². The smallest absolute Gasteiger partial charge is 0.249 e. The summed E-state index contributed by atoms with van der Waals surface area (Å²) < 4.78 is 24.0. The Morgan fingerprint density at radius 2 is 1.91 bits per heavy atom. The normalized spacial score (nSPS) is 41.1. The average Bonchev–Trinajstić information content (AvgIpc) is 2.92. The summed E-state index contributed by atoms with van der Waals surface area (Å²) in [5.74, 6) is -0.222. The SMILES string of the molecule is CN[C@@H]1[C@@H](O)[C@@H](O[C@@H]2[C@@H](O)[C@H](O[C@H]3OC(CNCCCN)=CC[C@H]3N)[C@@H](N)C[C@H]2NC(=O)C(O)C2CNC2)OC[C@]1(C)O. The summed E-state index contributed by atoms with van der Waals surface area (Å²) >= 11 is 0. The third-order valence-corrected chi connectivity index (χ3v) is 8.69. The van der Waals surface area contributed by atoms with Gasteiger partial charge in [0.25, 0.3) is 0 Å². The number of hydrogen-bond donors (Lipinski definition) is 11. The molecule has 2 saturated heterocycles. The summed E-state index contributed by atoms with van der Waals surface area (Å²) in [5, 5.41) is 55.7. The third-order valence-electron chi connectivity index (χ3n) is 8.69. The van der Waals surface area contributed by atoms with E-state index in [4.69, 9.17) is 36.1 Å². The van der Waals surface area contributed by atoms with Gasteiger partial charge in [-0.3, -0.25) is 4.79 Å². The number of carbonyl (C=O) groups excluding carboxylic acids is 1. The number of ether oxygens (including phenoxy) is 4. The van der Waals surface area contributed by atoms with Crippen LogP contribution in [0.15, 0.2) is 11.8 Å². The molecule has 0 radical (unpaired) electrons. The zero-order valence-corrected chi connectivity index (χ0v) is 24.9. The summed E-state index contributed by atoms with van der Waals surface area (Å²) in [6, 6.07) is -2.98. The predicted molar refractivity (Wildman–Crippen MR) is 154 cm³/mol. The predicted octanol–water partition coefficient (Wildman–Crippen LogP) is -5.13. The van der Waals surface area contributed by atoms with Gasteiger partial charge in [-0.2, -0.15) is 0 Å². The van der Waals surface area contributed by atoms with Crippen LogP contribution >= 0.6 is 0 Å². The largest absolute Gasteiger partial charge is 0.467 e. The van der Waals surface area contributed by atoms with Crippen molar-refractivity contribution in [3.05, 3.63) is 11.8 Å². The van der Waals surface area contributed by atoms with Crippen LogP contribution in [0.4, 0.5) is 0 Å². The van der Waals surface area contributed by atoms with Crippen LogP contribution in [0.25, 0.3) is 0 Å². The van der Waals surface area contributed by atoms with Crippen LogP contribution in [0.5, 0.6) is 0 Å². The number of rotatable bonds is 13. The van der Waals surface area contributed by atoms with E-state index in [2.05, 4.69) is 21.3 Å². The number of aliphatic hydroxyl groups is 4. The summed E-state index contributed by atoms with van der Waals surface area (Å²) in [6.45, 7) is 4.12. The Morgan fingerprint density at radius 1 is 1.19 bits per heavy atom. The first-order valence-corrected chi connectivity index (χ1v) is 15.1. The molecule has 248 valence electrons. The van der Waals surface area contributed by atoms with Gasteiger partial charge in [-0.25, -0.2) is 0 Å². The van der Waals surface area contributed by atoms with E-state index in [0.717, 1.165) is 13.0 Å². The number of likely N-dealkylation sites (N-methyl/N-ethyl adjacent to an activating group) is 1. The van der Waals surface area contributed by atoms with Crippen molar-refractivity contribution in [1.29, 1.82) is 0 Å². The summed E-state index contributed by atoms with van der Waals surface area (Å²) in [7, 11) is 1.59. The van der Waals surface area contributed by atoms with Gasteiger partial charge in [-0.05, 0) is 52.4 Å². The Kier molecular flexibility index (Phi) is 12.1. The molecular weight excluding hydrogens is 566 g/mol. The van der Waals surface area contributed by atoms with E-state index in [1.165, 1.54) is 6.92 Å². The number of aliphatic hydroxyl groups excluding tert-OH is 3. The van der Waals surface area contributed by atoms with E-state index >= 15 is 0 Å². The maximum atomic E-state index is 13.0. The lowest BCUT2D eigenvalue weighted by molar-refractivity contribution is -0.304. The molecule has 1 amide bonds. The Bertz CT molecular complexity index is 942. The second-order valence-corrected chi connectivity index (χ2v) is 12.2. The minimum Gasteiger partial charge on any atom is -0.467 e. The molecule has 14 N–H and O–H groups in total. The molecule has 0 aromatic heterocycles. The van der Waals surface area contributed by atoms with E-state index in [1.54, 1.807) is 7.05 Å². The van der Waals surface area contributed by atoms with Gasteiger partial charge < -0.3 is 77.8 Å². The number of hydrogen-bond acceptors (Lipinski definition) is 15. The van der Waals surface area contributed by atoms with Gasteiger partial charge in [0.05, 0.1) is 31.3 Å². The van der Waals surface area contributed by atoms with Gasteiger partial charge in [0.1, 0.15) is 41.9 Å². The fourth-order valence-electron chi connectivity index (χ4n) is 5.97. The second-order valence-electron chi connectivity index (χ2n) is 12.2. The summed E-state index contributed by atoms with van der Waals surface area (Å²) in [6.07, 6.45) is -5.10. The fraction of sp³-hybridized carbons (Fsp3) is 0.889. The Morgan fingerprint density at radius 3 is 2.56 bits per heavy atom. The van der Waals surface area contributed by atoms with E-state index < -0.39 is 78.8 Å². The van der Waals surface area contributed by atoms with E-state index in [-0.39, 0.29) is 18.9 Å². The molecule has 3 fully saturated rings. The summed E-state index contributed by atoms with van der Waals surface area (Å²) in [5.41, 5.74) is 17.0. The second kappa shape index (κ2) is 15.2. The molecule has 12 atom stereocenters. The Labute approximate surface area is 252 Å². The van der Waals surface area contributed by atoms with Crippen LogP contribution < -0.4 is 38.5 Å². The Hall–Kier alpha value is -1.51. The Balaban J connectivity index is 1.48. The van der Waals surface area contributed by atoms with E-state index in [0.29, 0.717) is 38.4 Å². The van der Waals surface area contributed by atoms with Crippen molar-refractivity contribution in [2.24, 2.45) is 23.1 Å². The molecule has 0 bridgehead atoms. The highest BCUT2D eigenvalue weighted by molar-refractivity contribution is 5.81. The third kappa shape index (κ3) is 8.21. The van der Waals surface area contributed by atoms with Crippen molar-refractivity contribution in [3.63, 3.8) is 0 Å². The van der Waals surface area contributed by atoms with Crippen molar-refractivity contribution >= 4 is 5.91 Å². The lowest BCUT2D eigenvalue weighted by atomic mass is 9.83. The lowest BCUT2D eigenvalue weighted by Crippen LogP contribution is -2.69. The molecule has 0 aromatic rings. The van der Waals surface area contributed by atoms with Crippen LogP contribution in [0.2, 0.25) is 0 Å². The minimum atomic E-state index is -1.42. The molecule has 1 aliphatic carbocycles. The van der Waals surface area contributed by atoms with Gasteiger partial charge in [-0.1, -0.05) is 0 Å². The zero-order valence-electron chi connectivity index (χ0n) is 24.9. The number of nitrogens with two attached hydrogens (primary N) is 3. The molecule has 16 heteroatoms. The molecule has 16 nitrogen and oxygen atoms in total. The fourth-order valence-corrected chi connectivity index (χ4v) is 5.97. The topological polar surface area (TPSA) is 261 Å². The van der Waals surface area contributed by atoms with Crippen molar-refractivity contribution in [2.75, 3.05) is 46.4 Å². The number of nitrogens with one attached hydrogen (secondary N) is 4.